The Hall–Kier alpha value is -3.11. The van der Waals surface area contributed by atoms with E-state index in [4.69, 9.17) is 0 Å². The van der Waals surface area contributed by atoms with Crippen molar-refractivity contribution in [2.75, 3.05) is 9.62 Å². The third-order valence-corrected chi connectivity index (χ3v) is 7.34. The summed E-state index contributed by atoms with van der Waals surface area (Å²) >= 11 is 1.08. The number of anilines is 2. The maximum atomic E-state index is 13.3. The van der Waals surface area contributed by atoms with Crippen LogP contribution in [0.25, 0.3) is 0 Å². The molecule has 1 aliphatic heterocycles. The van der Waals surface area contributed by atoms with Crippen molar-refractivity contribution in [2.24, 2.45) is 0 Å². The van der Waals surface area contributed by atoms with Gasteiger partial charge in [-0.1, -0.05) is 42.5 Å². The Morgan fingerprint density at radius 3 is 2.39 bits per heavy atom. The molecule has 0 spiro atoms. The first-order valence-electron chi connectivity index (χ1n) is 9.01. The zero-order valence-corrected chi connectivity index (χ0v) is 17.4. The second kappa shape index (κ2) is 7.86. The SMILES string of the molecule is O=C1/C(=C\Nc2ccccc2C(F)(F)F)S(=O)(=O)N(Cc2ccccc2)c2ccsc21. The number of carbonyl (C=O) groups is 1. The number of para-hydroxylation sites is 1. The molecular weight excluding hydrogens is 449 g/mol. The van der Waals surface area contributed by atoms with Crippen molar-refractivity contribution in [3.8, 4) is 0 Å². The summed E-state index contributed by atoms with van der Waals surface area (Å²) in [5.41, 5.74) is -0.360. The monoisotopic (exact) mass is 464 g/mol. The average Bonchev–Trinajstić information content (AvgIpc) is 3.21. The van der Waals surface area contributed by atoms with Gasteiger partial charge in [0.15, 0.2) is 4.91 Å². The van der Waals surface area contributed by atoms with E-state index in [2.05, 4.69) is 5.32 Å². The van der Waals surface area contributed by atoms with Crippen LogP contribution in [0.3, 0.4) is 0 Å². The highest BCUT2D eigenvalue weighted by Gasteiger charge is 2.41. The van der Waals surface area contributed by atoms with E-state index in [1.165, 1.54) is 12.1 Å². The lowest BCUT2D eigenvalue weighted by Crippen LogP contribution is -2.38. The first-order valence-corrected chi connectivity index (χ1v) is 11.3. The number of halogens is 3. The zero-order valence-electron chi connectivity index (χ0n) is 15.8. The van der Waals surface area contributed by atoms with Gasteiger partial charge < -0.3 is 5.32 Å². The Morgan fingerprint density at radius 1 is 1.00 bits per heavy atom. The van der Waals surface area contributed by atoms with E-state index in [9.17, 15) is 26.4 Å². The predicted octanol–water partition coefficient (Wildman–Crippen LogP) is 5.25. The Labute approximate surface area is 180 Å². The van der Waals surface area contributed by atoms with Gasteiger partial charge in [0.2, 0.25) is 5.78 Å². The number of nitrogens with zero attached hydrogens (tertiary/aromatic N) is 1. The number of thiophene rings is 1. The van der Waals surface area contributed by atoms with E-state index >= 15 is 0 Å². The highest BCUT2D eigenvalue weighted by molar-refractivity contribution is 7.97. The van der Waals surface area contributed by atoms with Crippen molar-refractivity contribution in [1.29, 1.82) is 0 Å². The number of allylic oxidation sites excluding steroid dienone is 1. The predicted molar refractivity (Wildman–Crippen MR) is 113 cm³/mol. The van der Waals surface area contributed by atoms with E-state index < -0.39 is 32.5 Å². The number of alkyl halides is 3. The van der Waals surface area contributed by atoms with Crippen LogP contribution in [0, 0.1) is 0 Å². The highest BCUT2D eigenvalue weighted by Crippen LogP contribution is 2.40. The van der Waals surface area contributed by atoms with Crippen LogP contribution in [0.5, 0.6) is 0 Å². The number of Topliss-reactive ketones (excluding diaryl/α,β-unsaturated/α-hetero) is 1. The fraction of sp³-hybridized carbons (Fsp3) is 0.0952. The smallest absolute Gasteiger partial charge is 0.360 e. The van der Waals surface area contributed by atoms with Gasteiger partial charge in [0.05, 0.1) is 23.5 Å². The second-order valence-corrected chi connectivity index (χ2v) is 9.40. The van der Waals surface area contributed by atoms with Gasteiger partial charge in [-0.05, 0) is 29.1 Å². The molecule has 0 bridgehead atoms. The minimum Gasteiger partial charge on any atom is -0.360 e. The van der Waals surface area contributed by atoms with Crippen LogP contribution in [0.1, 0.15) is 20.8 Å². The minimum absolute atomic E-state index is 0.0172. The van der Waals surface area contributed by atoms with Crippen molar-refractivity contribution in [3.05, 3.63) is 93.2 Å². The molecule has 2 aromatic carbocycles. The zero-order chi connectivity index (χ0) is 22.2. The Morgan fingerprint density at radius 2 is 1.68 bits per heavy atom. The van der Waals surface area contributed by atoms with E-state index in [0.29, 0.717) is 5.56 Å². The molecule has 160 valence electrons. The molecule has 4 rings (SSSR count). The van der Waals surface area contributed by atoms with E-state index in [1.807, 2.05) is 0 Å². The summed E-state index contributed by atoms with van der Waals surface area (Å²) in [5.74, 6) is -0.758. The third-order valence-electron chi connectivity index (χ3n) is 4.67. The topological polar surface area (TPSA) is 66.5 Å². The molecule has 10 heteroatoms. The van der Waals surface area contributed by atoms with Crippen LogP contribution in [0.2, 0.25) is 0 Å². The molecule has 5 nitrogen and oxygen atoms in total. The number of fused-ring (bicyclic) bond motifs is 1. The van der Waals surface area contributed by atoms with Gasteiger partial charge in [-0.3, -0.25) is 9.10 Å². The van der Waals surface area contributed by atoms with Crippen LogP contribution < -0.4 is 9.62 Å². The quantitative estimate of drug-likeness (QED) is 0.536. The Bertz CT molecular complexity index is 1270. The number of nitrogens with one attached hydrogen (secondary N) is 1. The van der Waals surface area contributed by atoms with E-state index in [1.54, 1.807) is 41.8 Å². The Kier molecular flexibility index (Phi) is 5.36. The number of rotatable bonds is 4. The van der Waals surface area contributed by atoms with Gasteiger partial charge in [-0.15, -0.1) is 11.3 Å². The molecule has 1 aromatic heterocycles. The first-order chi connectivity index (χ1) is 14.7. The number of hydrogen-bond donors (Lipinski definition) is 1. The number of hydrogen-bond acceptors (Lipinski definition) is 5. The minimum atomic E-state index is -4.64. The first kappa shape index (κ1) is 21.1. The van der Waals surface area contributed by atoms with Gasteiger partial charge >= 0.3 is 6.18 Å². The lowest BCUT2D eigenvalue weighted by atomic mass is 10.1. The van der Waals surface area contributed by atoms with Gasteiger partial charge in [-0.2, -0.15) is 13.2 Å². The average molecular weight is 464 g/mol. The lowest BCUT2D eigenvalue weighted by molar-refractivity contribution is -0.136. The molecule has 0 amide bonds. The van der Waals surface area contributed by atoms with Crippen LogP contribution in [-0.2, 0) is 22.7 Å². The number of sulfonamides is 1. The number of benzene rings is 2. The maximum Gasteiger partial charge on any atom is 0.418 e. The summed E-state index contributed by atoms with van der Waals surface area (Å²) in [5, 5.41) is 3.98. The van der Waals surface area contributed by atoms with E-state index in [0.717, 1.165) is 34.0 Å². The Balaban J connectivity index is 1.76. The molecule has 0 unspecified atom stereocenters. The van der Waals surface area contributed by atoms with Crippen LogP contribution in [-0.4, -0.2) is 14.2 Å². The maximum absolute atomic E-state index is 13.3. The van der Waals surface area contributed by atoms with Crippen LogP contribution >= 0.6 is 11.3 Å². The summed E-state index contributed by atoms with van der Waals surface area (Å²) < 4.78 is 67.4. The van der Waals surface area contributed by atoms with Gasteiger partial charge in [0.1, 0.15) is 4.88 Å². The van der Waals surface area contributed by atoms with Crippen molar-refractivity contribution in [3.63, 3.8) is 0 Å². The van der Waals surface area contributed by atoms with Gasteiger partial charge in [0, 0.05) is 6.20 Å². The van der Waals surface area contributed by atoms with Crippen molar-refractivity contribution in [1.82, 2.24) is 0 Å². The summed E-state index contributed by atoms with van der Waals surface area (Å²) in [4.78, 5) is 12.5. The van der Waals surface area contributed by atoms with Crippen molar-refractivity contribution < 1.29 is 26.4 Å². The summed E-state index contributed by atoms with van der Waals surface area (Å²) in [6.07, 6.45) is -3.80. The largest absolute Gasteiger partial charge is 0.418 e. The molecule has 0 aliphatic carbocycles. The van der Waals surface area contributed by atoms with Crippen LogP contribution in [0.15, 0.2) is 77.1 Å². The molecule has 2 heterocycles. The van der Waals surface area contributed by atoms with Crippen molar-refractivity contribution in [2.45, 2.75) is 12.7 Å². The highest BCUT2D eigenvalue weighted by atomic mass is 32.2. The summed E-state index contributed by atoms with van der Waals surface area (Å²) in [6.45, 7) is -0.0172. The molecule has 0 fully saturated rings. The fourth-order valence-corrected chi connectivity index (χ4v) is 5.69. The number of carbonyl (C=O) groups excluding carboxylic acids is 1. The molecule has 1 N–H and O–H groups in total. The molecule has 1 aliphatic rings. The molecule has 0 atom stereocenters. The lowest BCUT2D eigenvalue weighted by Gasteiger charge is -2.29. The molecule has 0 saturated carbocycles. The normalized spacial score (nSPS) is 16.9. The molecule has 31 heavy (non-hydrogen) atoms. The summed E-state index contributed by atoms with van der Waals surface area (Å²) in [7, 11) is -4.31. The number of ketones is 1. The van der Waals surface area contributed by atoms with E-state index in [-0.39, 0.29) is 22.8 Å². The third kappa shape index (κ3) is 3.96. The standard InChI is InChI=1S/C21H15F3N2O3S2/c22-21(23,24)15-8-4-5-9-16(15)25-12-18-19(27)20-17(10-11-30-20)26(31(18,28)29)13-14-6-2-1-3-7-14/h1-12,25H,13H2/b18-12+. The van der Waals surface area contributed by atoms with Crippen molar-refractivity contribution >= 4 is 38.5 Å². The molecule has 0 radical (unpaired) electrons. The van der Waals surface area contributed by atoms with Gasteiger partial charge in [0.25, 0.3) is 10.0 Å². The van der Waals surface area contributed by atoms with Gasteiger partial charge in [-0.25, -0.2) is 8.42 Å². The molecule has 3 aromatic rings. The molecular formula is C21H15F3N2O3S2. The van der Waals surface area contributed by atoms with Crippen LogP contribution in [0.4, 0.5) is 24.5 Å². The molecule has 0 saturated heterocycles. The second-order valence-electron chi connectivity index (χ2n) is 6.66. The fourth-order valence-electron chi connectivity index (χ4n) is 3.20. The summed E-state index contributed by atoms with van der Waals surface area (Å²) in [6, 6.07) is 15.0.